The summed E-state index contributed by atoms with van der Waals surface area (Å²) in [6.45, 7) is 2.15. The first-order valence-corrected chi connectivity index (χ1v) is 5.25. The molecule has 0 aliphatic rings. The first-order chi connectivity index (χ1) is 8.19. The van der Waals surface area contributed by atoms with Gasteiger partial charge >= 0.3 is 0 Å². The number of ether oxygens (including phenoxy) is 1. The van der Waals surface area contributed by atoms with Crippen LogP contribution in [0.1, 0.15) is 17.0 Å². The standard InChI is InChI=1S/C11H14N4O2/c1-8-3-4-10(9(5-8)6-16)17-7-11-12-14-15(2)13-11/h3-5,16H,6-7H2,1-2H3. The van der Waals surface area contributed by atoms with E-state index in [1.165, 1.54) is 4.80 Å². The van der Waals surface area contributed by atoms with E-state index in [4.69, 9.17) is 4.74 Å². The van der Waals surface area contributed by atoms with Crippen LogP contribution in [0.15, 0.2) is 18.2 Å². The summed E-state index contributed by atoms with van der Waals surface area (Å²) in [5.74, 6) is 1.16. The van der Waals surface area contributed by atoms with Crippen LogP contribution < -0.4 is 4.74 Å². The van der Waals surface area contributed by atoms with Gasteiger partial charge in [0.15, 0.2) is 6.61 Å². The summed E-state index contributed by atoms with van der Waals surface area (Å²) in [4.78, 5) is 1.38. The summed E-state index contributed by atoms with van der Waals surface area (Å²) < 4.78 is 5.54. The van der Waals surface area contributed by atoms with Gasteiger partial charge in [-0.15, -0.1) is 10.2 Å². The Morgan fingerprint density at radius 3 is 2.88 bits per heavy atom. The van der Waals surface area contributed by atoms with Gasteiger partial charge in [-0.2, -0.15) is 4.80 Å². The van der Waals surface area contributed by atoms with Gasteiger partial charge < -0.3 is 9.84 Å². The molecule has 0 spiro atoms. The number of tetrazole rings is 1. The van der Waals surface area contributed by atoms with E-state index in [1.807, 2.05) is 25.1 Å². The first-order valence-electron chi connectivity index (χ1n) is 5.25. The summed E-state index contributed by atoms with van der Waals surface area (Å²) in [7, 11) is 1.70. The van der Waals surface area contributed by atoms with Gasteiger partial charge in [0, 0.05) is 5.56 Å². The Kier molecular flexibility index (Phi) is 3.34. The third-order valence-corrected chi connectivity index (χ3v) is 2.29. The van der Waals surface area contributed by atoms with E-state index in [2.05, 4.69) is 15.4 Å². The molecule has 0 amide bonds. The Morgan fingerprint density at radius 2 is 2.24 bits per heavy atom. The molecule has 0 saturated carbocycles. The van der Waals surface area contributed by atoms with Crippen molar-refractivity contribution in [3.63, 3.8) is 0 Å². The van der Waals surface area contributed by atoms with Crippen LogP contribution in [0.5, 0.6) is 5.75 Å². The topological polar surface area (TPSA) is 73.1 Å². The second-order valence-electron chi connectivity index (χ2n) is 3.75. The number of hydrogen-bond donors (Lipinski definition) is 1. The van der Waals surface area contributed by atoms with E-state index in [9.17, 15) is 5.11 Å². The maximum Gasteiger partial charge on any atom is 0.212 e. The molecule has 17 heavy (non-hydrogen) atoms. The molecule has 90 valence electrons. The Morgan fingerprint density at radius 1 is 1.41 bits per heavy atom. The summed E-state index contributed by atoms with van der Waals surface area (Å²) in [6.07, 6.45) is 0. The molecular formula is C11H14N4O2. The maximum atomic E-state index is 9.22. The van der Waals surface area contributed by atoms with Gasteiger partial charge in [-0.25, -0.2) is 0 Å². The first kappa shape index (κ1) is 11.5. The molecule has 0 unspecified atom stereocenters. The van der Waals surface area contributed by atoms with Gasteiger partial charge in [-0.1, -0.05) is 17.7 Å². The van der Waals surface area contributed by atoms with E-state index in [-0.39, 0.29) is 13.2 Å². The van der Waals surface area contributed by atoms with Crippen LogP contribution in [0.25, 0.3) is 0 Å². The molecule has 0 atom stereocenters. The van der Waals surface area contributed by atoms with E-state index >= 15 is 0 Å². The molecule has 1 aromatic carbocycles. The zero-order valence-electron chi connectivity index (χ0n) is 9.79. The predicted molar refractivity (Wildman–Crippen MR) is 60.2 cm³/mol. The summed E-state index contributed by atoms with van der Waals surface area (Å²) >= 11 is 0. The lowest BCUT2D eigenvalue weighted by Crippen LogP contribution is -2.01. The minimum atomic E-state index is -0.0507. The van der Waals surface area contributed by atoms with E-state index in [0.29, 0.717) is 11.6 Å². The molecule has 0 bridgehead atoms. The predicted octanol–water partition coefficient (Wildman–Crippen LogP) is 0.590. The van der Waals surface area contributed by atoms with Gasteiger partial charge in [-0.05, 0) is 18.2 Å². The quantitative estimate of drug-likeness (QED) is 0.838. The average Bonchev–Trinajstić information content (AvgIpc) is 2.73. The van der Waals surface area contributed by atoms with E-state index in [1.54, 1.807) is 7.05 Å². The van der Waals surface area contributed by atoms with Crippen molar-refractivity contribution in [2.24, 2.45) is 7.05 Å². The minimum Gasteiger partial charge on any atom is -0.485 e. The molecular weight excluding hydrogens is 220 g/mol. The molecule has 0 fully saturated rings. The highest BCUT2D eigenvalue weighted by Crippen LogP contribution is 2.20. The largest absolute Gasteiger partial charge is 0.485 e. The number of aliphatic hydroxyl groups excluding tert-OH is 1. The van der Waals surface area contributed by atoms with Crippen molar-refractivity contribution >= 4 is 0 Å². The van der Waals surface area contributed by atoms with Gasteiger partial charge in [0.25, 0.3) is 0 Å². The lowest BCUT2D eigenvalue weighted by Gasteiger charge is -2.08. The zero-order chi connectivity index (χ0) is 12.3. The fourth-order valence-corrected chi connectivity index (χ4v) is 1.50. The van der Waals surface area contributed by atoms with Crippen molar-refractivity contribution in [1.29, 1.82) is 0 Å². The average molecular weight is 234 g/mol. The van der Waals surface area contributed by atoms with Gasteiger partial charge in [0.2, 0.25) is 5.82 Å². The molecule has 0 aliphatic carbocycles. The number of nitrogens with zero attached hydrogens (tertiary/aromatic N) is 4. The highest BCUT2D eigenvalue weighted by Gasteiger charge is 2.06. The third-order valence-electron chi connectivity index (χ3n) is 2.29. The molecule has 0 aliphatic heterocycles. The van der Waals surface area contributed by atoms with Crippen molar-refractivity contribution in [3.05, 3.63) is 35.2 Å². The van der Waals surface area contributed by atoms with E-state index in [0.717, 1.165) is 11.1 Å². The molecule has 1 heterocycles. The van der Waals surface area contributed by atoms with Gasteiger partial charge in [0.1, 0.15) is 5.75 Å². The van der Waals surface area contributed by atoms with Crippen molar-refractivity contribution in [2.45, 2.75) is 20.1 Å². The van der Waals surface area contributed by atoms with E-state index < -0.39 is 0 Å². The molecule has 2 aromatic rings. The number of aryl methyl sites for hydroxylation is 2. The Bertz CT molecular complexity index is 510. The molecule has 6 heteroatoms. The highest BCUT2D eigenvalue weighted by atomic mass is 16.5. The minimum absolute atomic E-state index is 0.0507. The van der Waals surface area contributed by atoms with Crippen LogP contribution in [0, 0.1) is 6.92 Å². The fourth-order valence-electron chi connectivity index (χ4n) is 1.50. The lowest BCUT2D eigenvalue weighted by molar-refractivity contribution is 0.255. The van der Waals surface area contributed by atoms with Crippen LogP contribution in [0.3, 0.4) is 0 Å². The van der Waals surface area contributed by atoms with Crippen LogP contribution >= 0.6 is 0 Å². The lowest BCUT2D eigenvalue weighted by atomic mass is 10.1. The Hall–Kier alpha value is -1.95. The highest BCUT2D eigenvalue weighted by molar-refractivity contribution is 5.36. The third kappa shape index (κ3) is 2.79. The van der Waals surface area contributed by atoms with Crippen LogP contribution in [-0.2, 0) is 20.3 Å². The number of rotatable bonds is 4. The Balaban J connectivity index is 2.08. The normalized spacial score (nSPS) is 10.5. The van der Waals surface area contributed by atoms with Crippen LogP contribution in [0.2, 0.25) is 0 Å². The zero-order valence-corrected chi connectivity index (χ0v) is 9.79. The monoisotopic (exact) mass is 234 g/mol. The van der Waals surface area contributed by atoms with Crippen molar-refractivity contribution in [3.8, 4) is 5.75 Å². The molecule has 1 aromatic heterocycles. The summed E-state index contributed by atoms with van der Waals surface area (Å²) in [6, 6.07) is 5.65. The number of benzene rings is 1. The Labute approximate surface area is 98.8 Å². The molecule has 6 nitrogen and oxygen atoms in total. The smallest absolute Gasteiger partial charge is 0.212 e. The van der Waals surface area contributed by atoms with Crippen molar-refractivity contribution in [2.75, 3.05) is 0 Å². The molecule has 1 N–H and O–H groups in total. The van der Waals surface area contributed by atoms with Crippen molar-refractivity contribution < 1.29 is 9.84 Å². The van der Waals surface area contributed by atoms with Crippen LogP contribution in [-0.4, -0.2) is 25.3 Å². The number of aromatic nitrogens is 4. The SMILES string of the molecule is Cc1ccc(OCc2nnn(C)n2)c(CO)c1. The fraction of sp³-hybridized carbons (Fsp3) is 0.364. The van der Waals surface area contributed by atoms with Gasteiger partial charge in [0.05, 0.1) is 13.7 Å². The molecule has 0 saturated heterocycles. The second kappa shape index (κ2) is 4.92. The molecule has 2 rings (SSSR count). The van der Waals surface area contributed by atoms with Crippen molar-refractivity contribution in [1.82, 2.24) is 20.2 Å². The molecule has 0 radical (unpaired) electrons. The second-order valence-corrected chi connectivity index (χ2v) is 3.75. The summed E-state index contributed by atoms with van der Waals surface area (Å²) in [5, 5.41) is 20.8. The van der Waals surface area contributed by atoms with Crippen LogP contribution in [0.4, 0.5) is 0 Å². The number of aliphatic hydroxyl groups is 1. The summed E-state index contributed by atoms with van der Waals surface area (Å²) in [5.41, 5.74) is 1.84. The maximum absolute atomic E-state index is 9.22. The number of hydrogen-bond acceptors (Lipinski definition) is 5. The van der Waals surface area contributed by atoms with Gasteiger partial charge in [-0.3, -0.25) is 0 Å².